The molecule has 2 atom stereocenters. The molecule has 0 aromatic heterocycles. The molecule has 0 aliphatic carbocycles. The number of nitrogens with one attached hydrogen (secondary N) is 1. The van der Waals surface area contributed by atoms with Gasteiger partial charge >= 0.3 is 0 Å². The van der Waals surface area contributed by atoms with Crippen molar-refractivity contribution in [3.8, 4) is 0 Å². The van der Waals surface area contributed by atoms with Gasteiger partial charge in [-0.1, -0.05) is 31.9 Å². The van der Waals surface area contributed by atoms with E-state index in [1.165, 1.54) is 11.1 Å². The highest BCUT2D eigenvalue weighted by atomic mass is 79.9. The van der Waals surface area contributed by atoms with Gasteiger partial charge in [0.1, 0.15) is 0 Å². The first-order chi connectivity index (χ1) is 12.5. The fourth-order valence-electron chi connectivity index (χ4n) is 4.65. The first kappa shape index (κ1) is 17.0. The van der Waals surface area contributed by atoms with E-state index in [1.807, 2.05) is 18.5 Å². The Morgan fingerprint density at radius 1 is 1.15 bits per heavy atom. The van der Waals surface area contributed by atoms with Crippen molar-refractivity contribution in [2.75, 3.05) is 11.4 Å². The third kappa shape index (κ3) is 2.23. The third-order valence-corrected chi connectivity index (χ3v) is 7.19. The number of hydrogen-bond donors (Lipinski definition) is 1. The molecule has 1 fully saturated rings. The Hall–Kier alpha value is -1.18. The molecule has 1 N–H and O–H groups in total. The van der Waals surface area contributed by atoms with Gasteiger partial charge in [0, 0.05) is 37.9 Å². The molecule has 7 heteroatoms. The number of amides is 1. The summed E-state index contributed by atoms with van der Waals surface area (Å²) in [5.41, 5.74) is 4.14. The standard InChI is InChI=1S/C19H14Br3N3O/c20-10-1-2-16-14(6-10)19-3-4-23-17(26)8-13(19)12-5-11(21)7-15(22)18(12)25(19)9-24-16/h1-2,5-7,9,13H,3-4,8H2,(H,23,26)/t13-,19-/m1/s1. The van der Waals surface area contributed by atoms with E-state index >= 15 is 0 Å². The van der Waals surface area contributed by atoms with Crippen molar-refractivity contribution >= 4 is 71.4 Å². The zero-order chi connectivity index (χ0) is 18.1. The molecule has 0 unspecified atom stereocenters. The molecule has 3 heterocycles. The van der Waals surface area contributed by atoms with Crippen molar-refractivity contribution in [2.24, 2.45) is 4.99 Å². The van der Waals surface area contributed by atoms with E-state index in [0.29, 0.717) is 13.0 Å². The summed E-state index contributed by atoms with van der Waals surface area (Å²) in [6.45, 7) is 0.651. The van der Waals surface area contributed by atoms with Gasteiger partial charge in [0.05, 0.1) is 23.3 Å². The Morgan fingerprint density at radius 2 is 2.00 bits per heavy atom. The molecule has 1 saturated heterocycles. The fourth-order valence-corrected chi connectivity index (χ4v) is 6.46. The zero-order valence-electron chi connectivity index (χ0n) is 13.6. The number of nitrogens with zero attached hydrogens (tertiary/aromatic N) is 2. The predicted molar refractivity (Wildman–Crippen MR) is 113 cm³/mol. The van der Waals surface area contributed by atoms with Crippen LogP contribution >= 0.6 is 47.8 Å². The number of fused-ring (bicyclic) bond motifs is 4. The second-order valence-corrected chi connectivity index (χ2v) is 9.57. The molecule has 2 aromatic carbocycles. The summed E-state index contributed by atoms with van der Waals surface area (Å²) in [4.78, 5) is 19.5. The van der Waals surface area contributed by atoms with Crippen molar-refractivity contribution in [3.05, 3.63) is 54.9 Å². The van der Waals surface area contributed by atoms with Crippen molar-refractivity contribution in [1.82, 2.24) is 5.32 Å². The smallest absolute Gasteiger partial charge is 0.220 e. The number of carbonyl (C=O) groups is 1. The van der Waals surface area contributed by atoms with Crippen molar-refractivity contribution < 1.29 is 4.79 Å². The van der Waals surface area contributed by atoms with E-state index in [0.717, 1.165) is 31.2 Å². The maximum atomic E-state index is 12.5. The quantitative estimate of drug-likeness (QED) is 0.490. The van der Waals surface area contributed by atoms with Crippen LogP contribution in [0.5, 0.6) is 0 Å². The van der Waals surface area contributed by atoms with Crippen molar-refractivity contribution in [1.29, 1.82) is 0 Å². The van der Waals surface area contributed by atoms with E-state index < -0.39 is 0 Å². The van der Waals surface area contributed by atoms with Gasteiger partial charge < -0.3 is 10.2 Å². The first-order valence-electron chi connectivity index (χ1n) is 8.40. The zero-order valence-corrected chi connectivity index (χ0v) is 18.4. The molecular weight excluding hydrogens is 526 g/mol. The molecule has 2 aromatic rings. The van der Waals surface area contributed by atoms with Crippen molar-refractivity contribution in [2.45, 2.75) is 24.3 Å². The second-order valence-electron chi connectivity index (χ2n) is 6.88. The van der Waals surface area contributed by atoms with E-state index in [4.69, 9.17) is 4.99 Å². The van der Waals surface area contributed by atoms with Crippen LogP contribution in [0.3, 0.4) is 0 Å². The van der Waals surface area contributed by atoms with Gasteiger partial charge in [-0.25, -0.2) is 4.99 Å². The maximum Gasteiger partial charge on any atom is 0.220 e. The first-order valence-corrected chi connectivity index (χ1v) is 10.8. The minimum Gasteiger partial charge on any atom is -0.356 e. The van der Waals surface area contributed by atoms with Crippen LogP contribution in [0.1, 0.15) is 29.9 Å². The lowest BCUT2D eigenvalue weighted by atomic mass is 9.72. The molecule has 3 aliphatic heterocycles. The highest BCUT2D eigenvalue weighted by Gasteiger charge is 2.56. The number of hydrogen-bond acceptors (Lipinski definition) is 3. The molecule has 1 spiro atoms. The Labute approximate surface area is 176 Å². The largest absolute Gasteiger partial charge is 0.356 e. The van der Waals surface area contributed by atoms with Crippen LogP contribution in [-0.4, -0.2) is 18.8 Å². The molecule has 1 amide bonds. The minimum atomic E-state index is -0.314. The molecule has 0 bridgehead atoms. The molecule has 132 valence electrons. The Balaban J connectivity index is 1.85. The molecular formula is C19H14Br3N3O. The number of carbonyl (C=O) groups excluding carboxylic acids is 1. The van der Waals surface area contributed by atoms with Gasteiger partial charge in [-0.05, 0) is 58.2 Å². The van der Waals surface area contributed by atoms with Crippen LogP contribution in [0, 0.1) is 0 Å². The lowest BCUT2D eigenvalue weighted by molar-refractivity contribution is -0.121. The monoisotopic (exact) mass is 537 g/mol. The molecule has 0 radical (unpaired) electrons. The van der Waals surface area contributed by atoms with Crippen LogP contribution in [0.4, 0.5) is 11.4 Å². The van der Waals surface area contributed by atoms with E-state index in [2.05, 4.69) is 76.2 Å². The Kier molecular flexibility index (Phi) is 3.85. The van der Waals surface area contributed by atoms with Crippen LogP contribution < -0.4 is 10.2 Å². The van der Waals surface area contributed by atoms with Crippen LogP contribution in [0.25, 0.3) is 0 Å². The normalized spacial score (nSPS) is 25.7. The SMILES string of the molecule is O=C1C[C@@H]2c3cc(Br)cc(Br)c3N3C=Nc4ccc(Br)cc4[C@@]23CCN1. The second kappa shape index (κ2) is 5.91. The van der Waals surface area contributed by atoms with Crippen LogP contribution in [0.15, 0.2) is 48.7 Å². The van der Waals surface area contributed by atoms with Gasteiger partial charge in [-0.15, -0.1) is 0 Å². The van der Waals surface area contributed by atoms with Gasteiger partial charge in [0.2, 0.25) is 5.91 Å². The maximum absolute atomic E-state index is 12.5. The number of anilines is 1. The summed E-state index contributed by atoms with van der Waals surface area (Å²) in [6, 6.07) is 10.4. The van der Waals surface area contributed by atoms with Crippen molar-refractivity contribution in [3.63, 3.8) is 0 Å². The van der Waals surface area contributed by atoms with Crippen LogP contribution in [0.2, 0.25) is 0 Å². The molecule has 0 saturated carbocycles. The number of aliphatic imine (C=N–C) groups is 1. The van der Waals surface area contributed by atoms with E-state index in [1.54, 1.807) is 0 Å². The average Bonchev–Trinajstić information content (AvgIpc) is 2.74. The molecule has 4 nitrogen and oxygen atoms in total. The van der Waals surface area contributed by atoms with Crippen LogP contribution in [-0.2, 0) is 10.3 Å². The Bertz CT molecular complexity index is 990. The summed E-state index contributed by atoms with van der Waals surface area (Å²) >= 11 is 11.0. The summed E-state index contributed by atoms with van der Waals surface area (Å²) < 4.78 is 3.05. The minimum absolute atomic E-state index is 0.0635. The number of rotatable bonds is 0. The summed E-state index contributed by atoms with van der Waals surface area (Å²) in [5, 5.41) is 3.06. The molecule has 26 heavy (non-hydrogen) atoms. The predicted octanol–water partition coefficient (Wildman–Crippen LogP) is 5.36. The highest BCUT2D eigenvalue weighted by molar-refractivity contribution is 9.11. The van der Waals surface area contributed by atoms with Gasteiger partial charge in [0.15, 0.2) is 0 Å². The van der Waals surface area contributed by atoms with E-state index in [9.17, 15) is 4.79 Å². The lowest BCUT2D eigenvalue weighted by Crippen LogP contribution is -2.47. The third-order valence-electron chi connectivity index (χ3n) is 5.64. The summed E-state index contributed by atoms with van der Waals surface area (Å²) in [7, 11) is 0. The topological polar surface area (TPSA) is 44.7 Å². The number of benzene rings is 2. The average molecular weight is 540 g/mol. The van der Waals surface area contributed by atoms with Gasteiger partial charge in [-0.2, -0.15) is 0 Å². The van der Waals surface area contributed by atoms with Gasteiger partial charge in [-0.3, -0.25) is 4.79 Å². The molecule has 3 aliphatic rings. The number of halogens is 3. The highest BCUT2D eigenvalue weighted by Crippen LogP contribution is 2.61. The lowest BCUT2D eigenvalue weighted by Gasteiger charge is -2.44. The summed E-state index contributed by atoms with van der Waals surface area (Å²) in [6.07, 6.45) is 3.23. The fraction of sp³-hybridized carbons (Fsp3) is 0.263. The summed E-state index contributed by atoms with van der Waals surface area (Å²) in [5.74, 6) is 0.170. The van der Waals surface area contributed by atoms with E-state index in [-0.39, 0.29) is 17.4 Å². The van der Waals surface area contributed by atoms with Gasteiger partial charge in [0.25, 0.3) is 0 Å². The molecule has 5 rings (SSSR count). The Morgan fingerprint density at radius 3 is 2.85 bits per heavy atom.